The monoisotopic (exact) mass is 280 g/mol. The van der Waals surface area contributed by atoms with Gasteiger partial charge in [0, 0.05) is 0 Å². The van der Waals surface area contributed by atoms with Crippen molar-refractivity contribution in [2.24, 2.45) is 0 Å². The Labute approximate surface area is 107 Å². The van der Waals surface area contributed by atoms with E-state index in [1.54, 1.807) is 0 Å². The fourth-order valence-electron chi connectivity index (χ4n) is 1.48. The SMILES string of the molecule is O=S(=O)(Nc1nc2ccccc2s1)c1ccn[nH]1. The fourth-order valence-corrected chi connectivity index (χ4v) is 3.49. The second kappa shape index (κ2) is 4.07. The Hall–Kier alpha value is -1.93. The highest BCUT2D eigenvalue weighted by Gasteiger charge is 2.17. The van der Waals surface area contributed by atoms with E-state index in [4.69, 9.17) is 0 Å². The zero-order valence-corrected chi connectivity index (χ0v) is 10.6. The maximum absolute atomic E-state index is 11.9. The molecule has 2 heterocycles. The first-order valence-electron chi connectivity index (χ1n) is 5.03. The Bertz CT molecular complexity index is 744. The van der Waals surface area contributed by atoms with E-state index in [0.29, 0.717) is 5.13 Å². The first kappa shape index (κ1) is 11.2. The standard InChI is InChI=1S/C10H8N4O2S2/c15-18(16,9-5-6-11-13-9)14-10-12-7-3-1-2-4-8(7)17-10/h1-6H,(H,11,13)(H,12,14). The van der Waals surface area contributed by atoms with Crippen LogP contribution in [0, 0.1) is 0 Å². The van der Waals surface area contributed by atoms with Gasteiger partial charge in [-0.3, -0.25) is 9.82 Å². The molecule has 2 N–H and O–H groups in total. The van der Waals surface area contributed by atoms with Crippen LogP contribution in [-0.2, 0) is 10.0 Å². The number of nitrogens with zero attached hydrogens (tertiary/aromatic N) is 2. The second-order valence-electron chi connectivity index (χ2n) is 3.51. The lowest BCUT2D eigenvalue weighted by Crippen LogP contribution is -2.13. The molecule has 18 heavy (non-hydrogen) atoms. The molecule has 0 unspecified atom stereocenters. The molecule has 0 radical (unpaired) electrons. The highest BCUT2D eigenvalue weighted by Crippen LogP contribution is 2.26. The van der Waals surface area contributed by atoms with Crippen molar-refractivity contribution in [1.29, 1.82) is 0 Å². The molecule has 0 saturated carbocycles. The molecule has 6 nitrogen and oxygen atoms in total. The first-order valence-corrected chi connectivity index (χ1v) is 7.33. The van der Waals surface area contributed by atoms with Gasteiger partial charge in [0.05, 0.1) is 16.4 Å². The quantitative estimate of drug-likeness (QED) is 0.766. The third kappa shape index (κ3) is 1.95. The number of hydrogen-bond acceptors (Lipinski definition) is 5. The van der Waals surface area contributed by atoms with Crippen molar-refractivity contribution in [2.75, 3.05) is 4.72 Å². The number of benzene rings is 1. The summed E-state index contributed by atoms with van der Waals surface area (Å²) in [7, 11) is -3.64. The van der Waals surface area contributed by atoms with Crippen LogP contribution in [0.25, 0.3) is 10.2 Å². The van der Waals surface area contributed by atoms with Crippen LogP contribution in [0.1, 0.15) is 0 Å². The van der Waals surface area contributed by atoms with Crippen molar-refractivity contribution in [3.05, 3.63) is 36.5 Å². The van der Waals surface area contributed by atoms with Gasteiger partial charge in [-0.05, 0) is 18.2 Å². The Morgan fingerprint density at radius 1 is 1.22 bits per heavy atom. The minimum Gasteiger partial charge on any atom is -0.266 e. The van der Waals surface area contributed by atoms with Gasteiger partial charge >= 0.3 is 0 Å². The van der Waals surface area contributed by atoms with E-state index in [2.05, 4.69) is 19.9 Å². The van der Waals surface area contributed by atoms with Crippen molar-refractivity contribution in [1.82, 2.24) is 15.2 Å². The Kier molecular flexibility index (Phi) is 2.53. The predicted octanol–water partition coefficient (Wildman–Crippen LogP) is 1.82. The number of para-hydroxylation sites is 1. The molecule has 0 fully saturated rings. The van der Waals surface area contributed by atoms with Crippen LogP contribution in [0.15, 0.2) is 41.6 Å². The van der Waals surface area contributed by atoms with Crippen LogP contribution in [0.4, 0.5) is 5.13 Å². The van der Waals surface area contributed by atoms with Crippen LogP contribution in [0.5, 0.6) is 0 Å². The highest BCUT2D eigenvalue weighted by atomic mass is 32.2. The minimum atomic E-state index is -3.64. The number of H-pyrrole nitrogens is 1. The van der Waals surface area contributed by atoms with E-state index < -0.39 is 10.0 Å². The Balaban J connectivity index is 1.97. The molecule has 3 rings (SSSR count). The van der Waals surface area contributed by atoms with Crippen LogP contribution in [0.2, 0.25) is 0 Å². The average Bonchev–Trinajstić information content (AvgIpc) is 2.96. The molecule has 0 atom stereocenters. The topological polar surface area (TPSA) is 87.7 Å². The maximum Gasteiger partial charge on any atom is 0.280 e. The second-order valence-corrected chi connectivity index (χ2v) is 6.19. The predicted molar refractivity (Wildman–Crippen MR) is 69.0 cm³/mol. The van der Waals surface area contributed by atoms with Gasteiger partial charge in [0.15, 0.2) is 10.2 Å². The summed E-state index contributed by atoms with van der Waals surface area (Å²) < 4.78 is 27.2. The third-order valence-electron chi connectivity index (χ3n) is 2.28. The summed E-state index contributed by atoms with van der Waals surface area (Å²) in [6.07, 6.45) is 1.38. The van der Waals surface area contributed by atoms with Crippen molar-refractivity contribution in [2.45, 2.75) is 5.03 Å². The molecular weight excluding hydrogens is 272 g/mol. The molecule has 0 amide bonds. The number of nitrogens with one attached hydrogen (secondary N) is 2. The van der Waals surface area contributed by atoms with E-state index >= 15 is 0 Å². The zero-order chi connectivity index (χ0) is 12.6. The van der Waals surface area contributed by atoms with Gasteiger partial charge in [0.25, 0.3) is 10.0 Å². The number of rotatable bonds is 3. The molecule has 8 heteroatoms. The van der Waals surface area contributed by atoms with Gasteiger partial charge in [-0.1, -0.05) is 23.5 Å². The number of thiazole rings is 1. The van der Waals surface area contributed by atoms with Crippen molar-refractivity contribution >= 4 is 36.7 Å². The van der Waals surface area contributed by atoms with Crippen molar-refractivity contribution in [3.63, 3.8) is 0 Å². The molecule has 0 aliphatic carbocycles. The lowest BCUT2D eigenvalue weighted by atomic mass is 10.3. The summed E-state index contributed by atoms with van der Waals surface area (Å²) in [5.74, 6) is 0. The van der Waals surface area contributed by atoms with E-state index in [1.165, 1.54) is 23.6 Å². The number of sulfonamides is 1. The lowest BCUT2D eigenvalue weighted by Gasteiger charge is -2.00. The lowest BCUT2D eigenvalue weighted by molar-refractivity contribution is 0.597. The molecular formula is C10H8N4O2S2. The van der Waals surface area contributed by atoms with Crippen LogP contribution in [-0.4, -0.2) is 23.6 Å². The minimum absolute atomic E-state index is 0.0155. The molecule has 2 aromatic heterocycles. The fraction of sp³-hybridized carbons (Fsp3) is 0. The normalized spacial score (nSPS) is 11.8. The van der Waals surface area contributed by atoms with Gasteiger partial charge in [-0.2, -0.15) is 13.5 Å². The molecule has 0 aliphatic rings. The number of hydrogen-bond donors (Lipinski definition) is 2. The Morgan fingerprint density at radius 3 is 2.78 bits per heavy atom. The third-order valence-corrected chi connectivity index (χ3v) is 4.63. The molecule has 1 aromatic carbocycles. The number of anilines is 1. The average molecular weight is 280 g/mol. The summed E-state index contributed by atoms with van der Waals surface area (Å²) in [4.78, 5) is 4.20. The van der Waals surface area contributed by atoms with Gasteiger partial charge in [0.2, 0.25) is 0 Å². The highest BCUT2D eigenvalue weighted by molar-refractivity contribution is 7.92. The largest absolute Gasteiger partial charge is 0.280 e. The van der Waals surface area contributed by atoms with Crippen molar-refractivity contribution in [3.8, 4) is 0 Å². The maximum atomic E-state index is 11.9. The van der Waals surface area contributed by atoms with Gasteiger partial charge in [-0.25, -0.2) is 4.98 Å². The van der Waals surface area contributed by atoms with Crippen LogP contribution < -0.4 is 4.72 Å². The van der Waals surface area contributed by atoms with Crippen LogP contribution >= 0.6 is 11.3 Å². The summed E-state index contributed by atoms with van der Waals surface area (Å²) >= 11 is 1.29. The van der Waals surface area contributed by atoms with Gasteiger partial charge < -0.3 is 0 Å². The van der Waals surface area contributed by atoms with Crippen LogP contribution in [0.3, 0.4) is 0 Å². The summed E-state index contributed by atoms with van der Waals surface area (Å²) in [6.45, 7) is 0. The smallest absolute Gasteiger partial charge is 0.266 e. The first-order chi connectivity index (χ1) is 8.65. The number of aromatic nitrogens is 3. The van der Waals surface area contributed by atoms with E-state index in [1.807, 2.05) is 24.3 Å². The van der Waals surface area contributed by atoms with Crippen molar-refractivity contribution < 1.29 is 8.42 Å². The zero-order valence-electron chi connectivity index (χ0n) is 8.99. The summed E-state index contributed by atoms with van der Waals surface area (Å²) in [5.41, 5.74) is 0.768. The van der Waals surface area contributed by atoms with E-state index in [-0.39, 0.29) is 5.03 Å². The molecule has 0 spiro atoms. The molecule has 0 aliphatic heterocycles. The Morgan fingerprint density at radius 2 is 2.06 bits per heavy atom. The molecule has 92 valence electrons. The molecule has 0 saturated heterocycles. The summed E-state index contributed by atoms with van der Waals surface area (Å²) in [6, 6.07) is 8.85. The molecule has 3 aromatic rings. The van der Waals surface area contributed by atoms with E-state index in [0.717, 1.165) is 10.2 Å². The van der Waals surface area contributed by atoms with Gasteiger partial charge in [-0.15, -0.1) is 0 Å². The number of fused-ring (bicyclic) bond motifs is 1. The van der Waals surface area contributed by atoms with Gasteiger partial charge in [0.1, 0.15) is 0 Å². The number of aromatic amines is 1. The summed E-state index contributed by atoms with van der Waals surface area (Å²) in [5, 5.41) is 6.37. The molecule has 0 bridgehead atoms. The van der Waals surface area contributed by atoms with E-state index in [9.17, 15) is 8.42 Å².